The summed E-state index contributed by atoms with van der Waals surface area (Å²) in [5, 5.41) is 3.52. The summed E-state index contributed by atoms with van der Waals surface area (Å²) in [6.07, 6.45) is 0. The van der Waals surface area contributed by atoms with Crippen LogP contribution in [0.3, 0.4) is 0 Å². The maximum atomic E-state index is 4.80. The third-order valence-corrected chi connectivity index (χ3v) is 4.05. The molecule has 1 heterocycles. The van der Waals surface area contributed by atoms with Gasteiger partial charge < -0.3 is 10.2 Å². The minimum absolute atomic E-state index is 0.474. The van der Waals surface area contributed by atoms with Gasteiger partial charge in [-0.15, -0.1) is 0 Å². The van der Waals surface area contributed by atoms with Crippen LogP contribution in [0.4, 0.5) is 5.82 Å². The maximum absolute atomic E-state index is 4.80. The number of nitrogens with one attached hydrogen (secondary N) is 1. The molecule has 1 aromatic heterocycles. The number of pyridine rings is 1. The molecule has 1 rings (SSSR count). The van der Waals surface area contributed by atoms with Crippen molar-refractivity contribution in [1.29, 1.82) is 0 Å². The van der Waals surface area contributed by atoms with Gasteiger partial charge in [0.25, 0.3) is 0 Å². The van der Waals surface area contributed by atoms with E-state index in [-0.39, 0.29) is 0 Å². The molecule has 1 aromatic rings. The number of aromatic nitrogens is 1. The first kappa shape index (κ1) is 17.0. The lowest BCUT2D eigenvalue weighted by Gasteiger charge is -2.31. The average molecular weight is 277 g/mol. The van der Waals surface area contributed by atoms with Crippen LogP contribution in [0.1, 0.15) is 51.4 Å². The van der Waals surface area contributed by atoms with Crippen LogP contribution in [0.15, 0.2) is 6.07 Å². The lowest BCUT2D eigenvalue weighted by atomic mass is 10.0. The number of aryl methyl sites for hydroxylation is 2. The Kier molecular flexibility index (Phi) is 6.00. The molecule has 0 fully saturated rings. The number of anilines is 1. The molecule has 0 radical (unpaired) electrons. The van der Waals surface area contributed by atoms with E-state index in [0.717, 1.165) is 18.1 Å². The standard InChI is InChI=1S/C17H31N3/c1-11(2)15(7)20(8)17-16(10-18-12(3)4)13(5)9-14(6)19-17/h9,11-12,15,18H,10H2,1-8H3. The summed E-state index contributed by atoms with van der Waals surface area (Å²) in [4.78, 5) is 7.12. The van der Waals surface area contributed by atoms with Crippen LogP contribution in [0.25, 0.3) is 0 Å². The highest BCUT2D eigenvalue weighted by atomic mass is 15.2. The molecular formula is C17H31N3. The zero-order valence-corrected chi connectivity index (χ0v) is 14.4. The fourth-order valence-electron chi connectivity index (χ4n) is 2.30. The summed E-state index contributed by atoms with van der Waals surface area (Å²) in [5.41, 5.74) is 3.73. The Labute approximate surface area is 124 Å². The average Bonchev–Trinajstić information content (AvgIpc) is 2.34. The minimum Gasteiger partial charge on any atom is -0.356 e. The minimum atomic E-state index is 0.474. The van der Waals surface area contributed by atoms with Gasteiger partial charge >= 0.3 is 0 Å². The van der Waals surface area contributed by atoms with Crippen LogP contribution in [0.2, 0.25) is 0 Å². The van der Waals surface area contributed by atoms with E-state index >= 15 is 0 Å². The lowest BCUT2D eigenvalue weighted by Crippen LogP contribution is -2.35. The summed E-state index contributed by atoms with van der Waals surface area (Å²) in [7, 11) is 2.16. The molecule has 1 atom stereocenters. The van der Waals surface area contributed by atoms with Crippen molar-refractivity contribution in [1.82, 2.24) is 10.3 Å². The van der Waals surface area contributed by atoms with Crippen molar-refractivity contribution in [2.24, 2.45) is 5.92 Å². The molecule has 0 amide bonds. The second kappa shape index (κ2) is 7.07. The zero-order chi connectivity index (χ0) is 15.4. The largest absolute Gasteiger partial charge is 0.356 e. The molecule has 0 saturated heterocycles. The van der Waals surface area contributed by atoms with Crippen molar-refractivity contribution >= 4 is 5.82 Å². The van der Waals surface area contributed by atoms with E-state index in [1.165, 1.54) is 11.1 Å². The van der Waals surface area contributed by atoms with Crippen molar-refractivity contribution < 1.29 is 0 Å². The van der Waals surface area contributed by atoms with Gasteiger partial charge in [-0.1, -0.05) is 27.7 Å². The van der Waals surface area contributed by atoms with E-state index in [1.54, 1.807) is 0 Å². The summed E-state index contributed by atoms with van der Waals surface area (Å²) in [6, 6.07) is 3.13. The fourth-order valence-corrected chi connectivity index (χ4v) is 2.30. The van der Waals surface area contributed by atoms with E-state index in [0.29, 0.717) is 18.0 Å². The van der Waals surface area contributed by atoms with Crippen molar-refractivity contribution in [2.75, 3.05) is 11.9 Å². The quantitative estimate of drug-likeness (QED) is 0.860. The number of nitrogens with zero attached hydrogens (tertiary/aromatic N) is 2. The number of hydrogen-bond donors (Lipinski definition) is 1. The van der Waals surface area contributed by atoms with Gasteiger partial charge in [0, 0.05) is 36.9 Å². The van der Waals surface area contributed by atoms with Gasteiger partial charge in [-0.25, -0.2) is 4.98 Å². The summed E-state index contributed by atoms with van der Waals surface area (Å²) >= 11 is 0. The molecule has 3 nitrogen and oxygen atoms in total. The zero-order valence-electron chi connectivity index (χ0n) is 14.4. The number of hydrogen-bond acceptors (Lipinski definition) is 3. The van der Waals surface area contributed by atoms with Gasteiger partial charge in [0.15, 0.2) is 0 Å². The molecule has 1 unspecified atom stereocenters. The van der Waals surface area contributed by atoms with Crippen LogP contribution in [-0.4, -0.2) is 24.1 Å². The molecule has 0 bridgehead atoms. The van der Waals surface area contributed by atoms with Crippen LogP contribution >= 0.6 is 0 Å². The Morgan fingerprint density at radius 2 is 1.75 bits per heavy atom. The van der Waals surface area contributed by atoms with E-state index in [1.807, 2.05) is 0 Å². The van der Waals surface area contributed by atoms with Gasteiger partial charge in [-0.3, -0.25) is 0 Å². The lowest BCUT2D eigenvalue weighted by molar-refractivity contribution is 0.499. The van der Waals surface area contributed by atoms with Crippen LogP contribution in [0, 0.1) is 19.8 Å². The molecule has 0 aromatic carbocycles. The first-order valence-electron chi connectivity index (χ1n) is 7.67. The van der Waals surface area contributed by atoms with Crippen molar-refractivity contribution in [3.63, 3.8) is 0 Å². The first-order chi connectivity index (χ1) is 9.23. The summed E-state index contributed by atoms with van der Waals surface area (Å²) in [6.45, 7) is 16.3. The SMILES string of the molecule is Cc1cc(C)c(CNC(C)C)c(N(C)C(C)C(C)C)n1. The molecule has 0 aliphatic carbocycles. The van der Waals surface area contributed by atoms with Crippen LogP contribution in [0.5, 0.6) is 0 Å². The Hall–Kier alpha value is -1.09. The third-order valence-electron chi connectivity index (χ3n) is 4.05. The first-order valence-corrected chi connectivity index (χ1v) is 7.67. The molecule has 0 aliphatic heterocycles. The molecule has 3 heteroatoms. The molecule has 0 spiro atoms. The Bertz CT molecular complexity index is 438. The summed E-state index contributed by atoms with van der Waals surface area (Å²) < 4.78 is 0. The Morgan fingerprint density at radius 1 is 1.15 bits per heavy atom. The highest BCUT2D eigenvalue weighted by Gasteiger charge is 2.19. The second-order valence-electron chi connectivity index (χ2n) is 6.51. The number of rotatable bonds is 6. The monoisotopic (exact) mass is 277 g/mol. The van der Waals surface area contributed by atoms with Crippen LogP contribution < -0.4 is 10.2 Å². The van der Waals surface area contributed by atoms with E-state index in [2.05, 4.69) is 71.8 Å². The van der Waals surface area contributed by atoms with Gasteiger partial charge in [0.2, 0.25) is 0 Å². The molecule has 1 N–H and O–H groups in total. The molecule has 114 valence electrons. The Balaban J connectivity index is 3.15. The van der Waals surface area contributed by atoms with Gasteiger partial charge in [0.1, 0.15) is 5.82 Å². The normalized spacial score (nSPS) is 13.1. The molecular weight excluding hydrogens is 246 g/mol. The van der Waals surface area contributed by atoms with E-state index in [4.69, 9.17) is 4.98 Å². The highest BCUT2D eigenvalue weighted by Crippen LogP contribution is 2.25. The third kappa shape index (κ3) is 4.20. The van der Waals surface area contributed by atoms with Gasteiger partial charge in [-0.05, 0) is 38.3 Å². The fraction of sp³-hybridized carbons (Fsp3) is 0.706. The molecule has 0 aliphatic rings. The van der Waals surface area contributed by atoms with Crippen molar-refractivity contribution in [2.45, 2.75) is 67.1 Å². The van der Waals surface area contributed by atoms with Crippen molar-refractivity contribution in [3.05, 3.63) is 22.9 Å². The molecule has 20 heavy (non-hydrogen) atoms. The Morgan fingerprint density at radius 3 is 2.25 bits per heavy atom. The van der Waals surface area contributed by atoms with E-state index < -0.39 is 0 Å². The van der Waals surface area contributed by atoms with Gasteiger partial charge in [0.05, 0.1) is 0 Å². The smallest absolute Gasteiger partial charge is 0.133 e. The molecule has 0 saturated carbocycles. The predicted molar refractivity (Wildman–Crippen MR) is 88.4 cm³/mol. The van der Waals surface area contributed by atoms with Crippen LogP contribution in [-0.2, 0) is 6.54 Å². The topological polar surface area (TPSA) is 28.2 Å². The maximum Gasteiger partial charge on any atom is 0.133 e. The highest BCUT2D eigenvalue weighted by molar-refractivity contribution is 5.51. The second-order valence-corrected chi connectivity index (χ2v) is 6.51. The van der Waals surface area contributed by atoms with Crippen molar-refractivity contribution in [3.8, 4) is 0 Å². The van der Waals surface area contributed by atoms with E-state index in [9.17, 15) is 0 Å². The summed E-state index contributed by atoms with van der Waals surface area (Å²) in [5.74, 6) is 1.73. The predicted octanol–water partition coefficient (Wildman–Crippen LogP) is 3.68. The van der Waals surface area contributed by atoms with Gasteiger partial charge in [-0.2, -0.15) is 0 Å².